The molecule has 3 heterocycles. The normalized spacial score (nSPS) is 17.6. The third kappa shape index (κ3) is 3.72. The van der Waals surface area contributed by atoms with Gasteiger partial charge in [0.1, 0.15) is 11.6 Å². The Morgan fingerprint density at radius 1 is 1.00 bits per heavy atom. The summed E-state index contributed by atoms with van der Waals surface area (Å²) in [5.41, 5.74) is 5.32. The molecule has 2 aromatic heterocycles. The SMILES string of the molecule is COc1ccc(N2C(=S)N[C@H](c3ccccn3)[C@H]2c2cc(C)n(-c3ccccc3F)c2C)cc1. The zero-order chi connectivity index (χ0) is 23.8. The maximum atomic E-state index is 14.8. The second-order valence-electron chi connectivity index (χ2n) is 8.31. The number of nitrogens with zero attached hydrogens (tertiary/aromatic N) is 3. The number of ether oxygens (including phenoxy) is 1. The van der Waals surface area contributed by atoms with Gasteiger partial charge in [-0.25, -0.2) is 4.39 Å². The van der Waals surface area contributed by atoms with Gasteiger partial charge in [-0.1, -0.05) is 18.2 Å². The van der Waals surface area contributed by atoms with E-state index in [1.54, 1.807) is 25.4 Å². The number of methoxy groups -OCH3 is 1. The first kappa shape index (κ1) is 22.1. The summed E-state index contributed by atoms with van der Waals surface area (Å²) in [6, 6.07) is 22.3. The Labute approximate surface area is 203 Å². The second kappa shape index (κ2) is 8.91. The number of benzene rings is 2. The molecule has 0 bridgehead atoms. The van der Waals surface area contributed by atoms with Crippen LogP contribution in [0.3, 0.4) is 0 Å². The molecule has 0 radical (unpaired) electrons. The molecule has 0 aliphatic carbocycles. The Kier molecular flexibility index (Phi) is 5.79. The van der Waals surface area contributed by atoms with Gasteiger partial charge in [0.05, 0.1) is 30.6 Å². The minimum atomic E-state index is -0.260. The van der Waals surface area contributed by atoms with Gasteiger partial charge < -0.3 is 19.5 Å². The van der Waals surface area contributed by atoms with E-state index in [9.17, 15) is 4.39 Å². The van der Waals surface area contributed by atoms with Gasteiger partial charge in [0.2, 0.25) is 0 Å². The molecule has 1 aliphatic heterocycles. The summed E-state index contributed by atoms with van der Waals surface area (Å²) in [5.74, 6) is 0.515. The lowest BCUT2D eigenvalue weighted by molar-refractivity contribution is 0.415. The third-order valence-electron chi connectivity index (χ3n) is 6.33. The van der Waals surface area contributed by atoms with Gasteiger partial charge in [0, 0.05) is 23.3 Å². The molecule has 5 rings (SSSR count). The molecule has 2 aromatic carbocycles. The van der Waals surface area contributed by atoms with Crippen molar-refractivity contribution in [1.29, 1.82) is 0 Å². The topological polar surface area (TPSA) is 42.3 Å². The lowest BCUT2D eigenvalue weighted by Crippen LogP contribution is -2.29. The molecule has 1 N–H and O–H groups in total. The highest BCUT2D eigenvalue weighted by atomic mass is 32.1. The molecule has 0 saturated carbocycles. The molecular weight excluding hydrogens is 447 g/mol. The van der Waals surface area contributed by atoms with Crippen molar-refractivity contribution in [3.8, 4) is 11.4 Å². The molecule has 5 nitrogen and oxygen atoms in total. The molecule has 7 heteroatoms. The number of pyridine rings is 1. The van der Waals surface area contributed by atoms with Crippen molar-refractivity contribution in [2.24, 2.45) is 0 Å². The highest BCUT2D eigenvalue weighted by Gasteiger charge is 2.42. The van der Waals surface area contributed by atoms with Crippen LogP contribution in [0.15, 0.2) is 79.0 Å². The van der Waals surface area contributed by atoms with E-state index in [2.05, 4.69) is 21.3 Å². The molecule has 172 valence electrons. The van der Waals surface area contributed by atoms with Crippen LogP contribution in [0, 0.1) is 19.7 Å². The molecule has 0 amide bonds. The largest absolute Gasteiger partial charge is 0.497 e. The molecule has 1 saturated heterocycles. The number of thiocarbonyl (C=S) groups is 1. The highest BCUT2D eigenvalue weighted by molar-refractivity contribution is 7.80. The van der Waals surface area contributed by atoms with Crippen LogP contribution in [0.1, 0.15) is 34.7 Å². The first-order valence-corrected chi connectivity index (χ1v) is 11.5. The number of aromatic nitrogens is 2. The molecular formula is C27H25FN4OS. The Morgan fingerprint density at radius 3 is 2.41 bits per heavy atom. The van der Waals surface area contributed by atoms with E-state index in [-0.39, 0.29) is 17.9 Å². The fraction of sp³-hybridized carbons (Fsp3) is 0.185. The number of nitrogens with one attached hydrogen (secondary N) is 1. The van der Waals surface area contributed by atoms with Gasteiger partial charge >= 0.3 is 0 Å². The predicted molar refractivity (Wildman–Crippen MR) is 136 cm³/mol. The maximum absolute atomic E-state index is 14.8. The summed E-state index contributed by atoms with van der Waals surface area (Å²) in [4.78, 5) is 6.73. The summed E-state index contributed by atoms with van der Waals surface area (Å²) >= 11 is 5.82. The lowest BCUT2D eigenvalue weighted by Gasteiger charge is -2.28. The molecule has 1 aliphatic rings. The Balaban J connectivity index is 1.68. The Morgan fingerprint density at radius 2 is 1.74 bits per heavy atom. The summed E-state index contributed by atoms with van der Waals surface area (Å²) in [6.07, 6.45) is 1.79. The average Bonchev–Trinajstić information content (AvgIpc) is 3.35. The third-order valence-corrected chi connectivity index (χ3v) is 6.65. The number of aryl methyl sites for hydroxylation is 1. The summed E-state index contributed by atoms with van der Waals surface area (Å²) in [5, 5.41) is 4.10. The average molecular weight is 473 g/mol. The first-order valence-electron chi connectivity index (χ1n) is 11.1. The van der Waals surface area contributed by atoms with E-state index >= 15 is 0 Å². The number of hydrogen-bond acceptors (Lipinski definition) is 3. The molecule has 0 spiro atoms. The van der Waals surface area contributed by atoms with Gasteiger partial charge in [-0.05, 0) is 86.2 Å². The Hall–Kier alpha value is -3.71. The van der Waals surface area contributed by atoms with E-state index in [0.29, 0.717) is 10.8 Å². The van der Waals surface area contributed by atoms with Gasteiger partial charge in [-0.15, -0.1) is 0 Å². The van der Waals surface area contributed by atoms with E-state index in [0.717, 1.165) is 34.1 Å². The highest BCUT2D eigenvalue weighted by Crippen LogP contribution is 2.44. The summed E-state index contributed by atoms with van der Waals surface area (Å²) in [7, 11) is 1.65. The minimum absolute atomic E-state index is 0.176. The van der Waals surface area contributed by atoms with Crippen molar-refractivity contribution >= 4 is 23.0 Å². The minimum Gasteiger partial charge on any atom is -0.497 e. The molecule has 4 aromatic rings. The number of hydrogen-bond donors (Lipinski definition) is 1. The van der Waals surface area contributed by atoms with Gasteiger partial charge in [-0.3, -0.25) is 4.98 Å². The fourth-order valence-corrected chi connectivity index (χ4v) is 5.13. The maximum Gasteiger partial charge on any atom is 0.174 e. The van der Waals surface area contributed by atoms with Crippen LogP contribution in [0.4, 0.5) is 10.1 Å². The number of rotatable bonds is 5. The van der Waals surface area contributed by atoms with Crippen LogP contribution in [0.25, 0.3) is 5.69 Å². The van der Waals surface area contributed by atoms with Crippen molar-refractivity contribution in [1.82, 2.24) is 14.9 Å². The van der Waals surface area contributed by atoms with Crippen molar-refractivity contribution in [3.05, 3.63) is 107 Å². The van der Waals surface area contributed by atoms with Crippen LogP contribution in [0.5, 0.6) is 5.75 Å². The van der Waals surface area contributed by atoms with E-state index in [1.165, 1.54) is 6.07 Å². The standard InChI is InChI=1S/C27H25FN4OS/c1-17-16-21(18(2)31(17)24-10-5-4-8-22(24)28)26-25(23-9-6-7-15-29-23)30-27(34)32(26)19-11-13-20(33-3)14-12-19/h4-16,25-26H,1-3H3,(H,30,34)/t25-,26-/m1/s1. The lowest BCUT2D eigenvalue weighted by atomic mass is 9.96. The summed E-state index contributed by atoms with van der Waals surface area (Å²) < 4.78 is 22.1. The van der Waals surface area contributed by atoms with Crippen LogP contribution >= 0.6 is 12.2 Å². The number of anilines is 1. The van der Waals surface area contributed by atoms with Crippen molar-refractivity contribution < 1.29 is 9.13 Å². The zero-order valence-corrected chi connectivity index (χ0v) is 20.0. The molecule has 34 heavy (non-hydrogen) atoms. The first-order chi connectivity index (χ1) is 16.5. The van der Waals surface area contributed by atoms with Crippen molar-refractivity contribution in [3.63, 3.8) is 0 Å². The number of para-hydroxylation sites is 1. The van der Waals surface area contributed by atoms with Gasteiger partial charge in [-0.2, -0.15) is 0 Å². The second-order valence-corrected chi connectivity index (χ2v) is 8.69. The predicted octanol–water partition coefficient (Wildman–Crippen LogP) is 5.81. The fourth-order valence-electron chi connectivity index (χ4n) is 4.78. The monoisotopic (exact) mass is 472 g/mol. The van der Waals surface area contributed by atoms with Crippen LogP contribution in [-0.4, -0.2) is 21.8 Å². The Bertz CT molecular complexity index is 1340. The van der Waals surface area contributed by atoms with E-state index in [1.807, 2.05) is 66.9 Å². The van der Waals surface area contributed by atoms with Crippen molar-refractivity contribution in [2.45, 2.75) is 25.9 Å². The van der Waals surface area contributed by atoms with Crippen LogP contribution in [0.2, 0.25) is 0 Å². The van der Waals surface area contributed by atoms with Crippen molar-refractivity contribution in [2.75, 3.05) is 12.0 Å². The zero-order valence-electron chi connectivity index (χ0n) is 19.2. The summed E-state index contributed by atoms with van der Waals surface area (Å²) in [6.45, 7) is 4.02. The number of halogens is 1. The van der Waals surface area contributed by atoms with Crippen LogP contribution < -0.4 is 15.0 Å². The van der Waals surface area contributed by atoms with Gasteiger partial charge in [0.15, 0.2) is 5.11 Å². The van der Waals surface area contributed by atoms with Crippen LogP contribution in [-0.2, 0) is 0 Å². The smallest absolute Gasteiger partial charge is 0.174 e. The molecule has 1 fully saturated rings. The van der Waals surface area contributed by atoms with Gasteiger partial charge in [0.25, 0.3) is 0 Å². The quantitative estimate of drug-likeness (QED) is 0.371. The molecule has 2 atom stereocenters. The van der Waals surface area contributed by atoms with E-state index < -0.39 is 0 Å². The van der Waals surface area contributed by atoms with E-state index in [4.69, 9.17) is 17.0 Å². The molecule has 0 unspecified atom stereocenters.